The second-order valence-electron chi connectivity index (χ2n) is 7.46. The van der Waals surface area contributed by atoms with Crippen LogP contribution in [0.3, 0.4) is 0 Å². The van der Waals surface area contributed by atoms with E-state index >= 15 is 0 Å². The number of rotatable bonds is 4. The molecule has 4 rings (SSSR count). The molecule has 144 valence electrons. The highest BCUT2D eigenvalue weighted by Gasteiger charge is 2.36. The van der Waals surface area contributed by atoms with Crippen LogP contribution in [0.25, 0.3) is 0 Å². The lowest BCUT2D eigenvalue weighted by molar-refractivity contribution is -0.100. The zero-order chi connectivity index (χ0) is 18.8. The van der Waals surface area contributed by atoms with E-state index in [1.54, 1.807) is 0 Å². The normalized spacial score (nSPS) is 21.0. The van der Waals surface area contributed by atoms with Gasteiger partial charge < -0.3 is 14.4 Å². The van der Waals surface area contributed by atoms with Crippen LogP contribution in [0.15, 0.2) is 30.3 Å². The topological polar surface area (TPSA) is 56.6 Å². The van der Waals surface area contributed by atoms with Crippen LogP contribution in [0.2, 0.25) is 0 Å². The fourth-order valence-corrected chi connectivity index (χ4v) is 4.07. The third-order valence-corrected chi connectivity index (χ3v) is 5.38. The van der Waals surface area contributed by atoms with Gasteiger partial charge in [0.25, 0.3) is 5.91 Å². The highest BCUT2D eigenvalue weighted by molar-refractivity contribution is 5.94. The molecule has 1 unspecified atom stereocenters. The van der Waals surface area contributed by atoms with Crippen molar-refractivity contribution in [1.29, 1.82) is 0 Å². The first-order valence-corrected chi connectivity index (χ1v) is 9.76. The molecule has 0 radical (unpaired) electrons. The third-order valence-electron chi connectivity index (χ3n) is 5.38. The lowest BCUT2D eigenvalue weighted by atomic mass is 9.99. The second kappa shape index (κ2) is 7.82. The molecule has 1 aromatic heterocycles. The number of carbonyl (C=O) groups excluding carboxylic acids is 1. The van der Waals surface area contributed by atoms with E-state index in [2.05, 4.69) is 18.1 Å². The highest BCUT2D eigenvalue weighted by Crippen LogP contribution is 2.26. The Morgan fingerprint density at radius 2 is 2.00 bits per heavy atom. The lowest BCUT2D eigenvalue weighted by Gasteiger charge is -2.38. The number of benzene rings is 1. The predicted octanol–water partition coefficient (Wildman–Crippen LogP) is 2.92. The van der Waals surface area contributed by atoms with Crippen LogP contribution >= 0.6 is 0 Å². The van der Waals surface area contributed by atoms with Gasteiger partial charge in [0, 0.05) is 17.8 Å². The third kappa shape index (κ3) is 3.92. The molecule has 27 heavy (non-hydrogen) atoms. The summed E-state index contributed by atoms with van der Waals surface area (Å²) in [7, 11) is 0. The average molecular weight is 369 g/mol. The van der Waals surface area contributed by atoms with Crippen molar-refractivity contribution in [2.24, 2.45) is 0 Å². The van der Waals surface area contributed by atoms with E-state index in [-0.39, 0.29) is 18.2 Å². The predicted molar refractivity (Wildman–Crippen MR) is 102 cm³/mol. The Morgan fingerprint density at radius 1 is 1.19 bits per heavy atom. The van der Waals surface area contributed by atoms with Gasteiger partial charge in [0.2, 0.25) is 0 Å². The molecule has 2 aliphatic heterocycles. The number of piperidine rings is 1. The molecule has 2 aliphatic rings. The van der Waals surface area contributed by atoms with E-state index in [4.69, 9.17) is 9.47 Å². The molecule has 1 aromatic carbocycles. The number of likely N-dealkylation sites (tertiary alicyclic amines) is 1. The maximum Gasteiger partial charge on any atom is 0.254 e. The summed E-state index contributed by atoms with van der Waals surface area (Å²) in [6, 6.07) is 9.96. The van der Waals surface area contributed by atoms with Gasteiger partial charge in [0.1, 0.15) is 0 Å². The van der Waals surface area contributed by atoms with Crippen molar-refractivity contribution in [1.82, 2.24) is 14.7 Å². The summed E-state index contributed by atoms with van der Waals surface area (Å²) in [6.45, 7) is 6.69. The van der Waals surface area contributed by atoms with Gasteiger partial charge in [-0.25, -0.2) is 0 Å². The minimum atomic E-state index is -0.285. The van der Waals surface area contributed by atoms with Crippen LogP contribution in [0.1, 0.15) is 46.6 Å². The number of aryl methyl sites for hydroxylation is 2. The van der Waals surface area contributed by atoms with E-state index in [0.717, 1.165) is 48.3 Å². The molecule has 3 heterocycles. The molecular formula is C21H27N3O3. The van der Waals surface area contributed by atoms with E-state index < -0.39 is 0 Å². The summed E-state index contributed by atoms with van der Waals surface area (Å²) >= 11 is 0. The zero-order valence-corrected chi connectivity index (χ0v) is 16.1. The number of aromatic nitrogens is 2. The van der Waals surface area contributed by atoms with Crippen molar-refractivity contribution >= 4 is 5.91 Å². The number of amides is 1. The molecule has 0 bridgehead atoms. The Balaban J connectivity index is 1.53. The number of ether oxygens (including phenoxy) is 2. The van der Waals surface area contributed by atoms with Gasteiger partial charge in [-0.3, -0.25) is 9.48 Å². The molecule has 2 fully saturated rings. The van der Waals surface area contributed by atoms with Crippen LogP contribution in [0, 0.1) is 13.8 Å². The van der Waals surface area contributed by atoms with Crippen molar-refractivity contribution in [3.8, 4) is 0 Å². The minimum Gasteiger partial charge on any atom is -0.348 e. The van der Waals surface area contributed by atoms with Crippen molar-refractivity contribution in [3.63, 3.8) is 0 Å². The zero-order valence-electron chi connectivity index (χ0n) is 16.1. The summed E-state index contributed by atoms with van der Waals surface area (Å²) in [4.78, 5) is 15.2. The maximum atomic E-state index is 13.2. The van der Waals surface area contributed by atoms with Crippen LogP contribution in [0.4, 0.5) is 0 Å². The Bertz CT molecular complexity index is 811. The summed E-state index contributed by atoms with van der Waals surface area (Å²) in [5.74, 6) is 0.0639. The highest BCUT2D eigenvalue weighted by atomic mass is 16.7. The summed E-state index contributed by atoms with van der Waals surface area (Å²) in [6.07, 6.45) is 2.78. The van der Waals surface area contributed by atoms with Crippen molar-refractivity contribution in [2.75, 3.05) is 19.8 Å². The Kier molecular flexibility index (Phi) is 5.27. The first kappa shape index (κ1) is 18.2. The molecule has 6 heteroatoms. The summed E-state index contributed by atoms with van der Waals surface area (Å²) in [5.41, 5.74) is 3.93. The molecule has 0 N–H and O–H groups in total. The number of hydrogen-bond acceptors (Lipinski definition) is 4. The molecule has 1 atom stereocenters. The largest absolute Gasteiger partial charge is 0.348 e. The van der Waals surface area contributed by atoms with Gasteiger partial charge in [-0.2, -0.15) is 5.10 Å². The molecule has 1 amide bonds. The SMILES string of the molecule is Cc1cc(C)n(Cc2cccc(C(=O)N3CCCCC3C3OCCO3)c2)n1. The quantitative estimate of drug-likeness (QED) is 0.832. The monoisotopic (exact) mass is 369 g/mol. The Hall–Kier alpha value is -2.18. The van der Waals surface area contributed by atoms with Gasteiger partial charge in [0.15, 0.2) is 6.29 Å². The second-order valence-corrected chi connectivity index (χ2v) is 7.46. The van der Waals surface area contributed by atoms with Crippen LogP contribution in [-0.4, -0.2) is 52.7 Å². The smallest absolute Gasteiger partial charge is 0.254 e. The van der Waals surface area contributed by atoms with E-state index in [9.17, 15) is 4.79 Å². The first-order chi connectivity index (χ1) is 13.1. The number of nitrogens with zero attached hydrogens (tertiary/aromatic N) is 3. The fourth-order valence-electron chi connectivity index (χ4n) is 4.07. The molecule has 0 spiro atoms. The Labute approximate surface area is 160 Å². The van der Waals surface area contributed by atoms with E-state index in [1.807, 2.05) is 40.8 Å². The van der Waals surface area contributed by atoms with Crippen molar-refractivity contribution < 1.29 is 14.3 Å². The van der Waals surface area contributed by atoms with Gasteiger partial charge in [-0.1, -0.05) is 12.1 Å². The maximum absolute atomic E-state index is 13.2. The van der Waals surface area contributed by atoms with Gasteiger partial charge in [-0.05, 0) is 56.9 Å². The first-order valence-electron chi connectivity index (χ1n) is 9.76. The summed E-state index contributed by atoms with van der Waals surface area (Å²) in [5, 5.41) is 4.52. The molecule has 0 saturated carbocycles. The summed E-state index contributed by atoms with van der Waals surface area (Å²) < 4.78 is 13.4. The Morgan fingerprint density at radius 3 is 2.74 bits per heavy atom. The van der Waals surface area contributed by atoms with Crippen LogP contribution < -0.4 is 0 Å². The molecule has 6 nitrogen and oxygen atoms in total. The van der Waals surface area contributed by atoms with E-state index in [0.29, 0.717) is 19.8 Å². The standard InChI is InChI=1S/C21H27N3O3/c1-15-12-16(2)24(22-15)14-17-6-5-7-18(13-17)20(25)23-9-4-3-8-19(23)21-26-10-11-27-21/h5-7,12-13,19,21H,3-4,8-11,14H2,1-2H3. The van der Waals surface area contributed by atoms with Crippen molar-refractivity contribution in [3.05, 3.63) is 52.8 Å². The van der Waals surface area contributed by atoms with Gasteiger partial charge in [0.05, 0.1) is 31.5 Å². The molecule has 2 aromatic rings. The van der Waals surface area contributed by atoms with Crippen LogP contribution in [0.5, 0.6) is 0 Å². The average Bonchev–Trinajstić information content (AvgIpc) is 3.31. The molecule has 2 saturated heterocycles. The van der Waals surface area contributed by atoms with Crippen LogP contribution in [-0.2, 0) is 16.0 Å². The molecular weight excluding hydrogens is 342 g/mol. The van der Waals surface area contributed by atoms with Gasteiger partial charge in [-0.15, -0.1) is 0 Å². The van der Waals surface area contributed by atoms with Gasteiger partial charge >= 0.3 is 0 Å². The molecule has 0 aliphatic carbocycles. The van der Waals surface area contributed by atoms with E-state index in [1.165, 1.54) is 0 Å². The number of hydrogen-bond donors (Lipinski definition) is 0. The fraction of sp³-hybridized carbons (Fsp3) is 0.524. The van der Waals surface area contributed by atoms with Crippen molar-refractivity contribution in [2.45, 2.75) is 52.0 Å². The lowest BCUT2D eigenvalue weighted by Crippen LogP contribution is -2.50. The number of carbonyl (C=O) groups is 1. The minimum absolute atomic E-state index is 0.00779.